The summed E-state index contributed by atoms with van der Waals surface area (Å²) >= 11 is 0. The van der Waals surface area contributed by atoms with Gasteiger partial charge in [-0.2, -0.15) is 0 Å². The zero-order valence-corrected chi connectivity index (χ0v) is 9.38. The van der Waals surface area contributed by atoms with E-state index in [-0.39, 0.29) is 17.6 Å². The zero-order valence-electron chi connectivity index (χ0n) is 9.38. The Labute approximate surface area is 97.6 Å². The molecule has 1 aromatic heterocycles. The maximum absolute atomic E-state index is 11.6. The Morgan fingerprint density at radius 2 is 2.29 bits per heavy atom. The molecule has 17 heavy (non-hydrogen) atoms. The number of carbonyl (C=O) groups is 1. The van der Waals surface area contributed by atoms with Gasteiger partial charge in [0.15, 0.2) is 0 Å². The van der Waals surface area contributed by atoms with Crippen LogP contribution in [0.25, 0.3) is 5.57 Å². The quantitative estimate of drug-likeness (QED) is 0.714. The summed E-state index contributed by atoms with van der Waals surface area (Å²) in [7, 11) is 1.66. The van der Waals surface area contributed by atoms with E-state index < -0.39 is 0 Å². The lowest BCUT2D eigenvalue weighted by Crippen LogP contribution is -2.30. The van der Waals surface area contributed by atoms with Crippen LogP contribution in [0.1, 0.15) is 5.69 Å². The molecule has 0 saturated carbocycles. The third-order valence-electron chi connectivity index (χ3n) is 3.17. The molecule has 0 spiro atoms. The summed E-state index contributed by atoms with van der Waals surface area (Å²) in [5.74, 6) is 0. The Kier molecular flexibility index (Phi) is 2.04. The van der Waals surface area contributed by atoms with Gasteiger partial charge in [0.25, 0.3) is 5.56 Å². The smallest absolute Gasteiger partial charge is 0.318 e. The monoisotopic (exact) mass is 232 g/mol. The van der Waals surface area contributed by atoms with E-state index in [9.17, 15) is 9.59 Å². The molecule has 2 aliphatic rings. The fourth-order valence-electron chi connectivity index (χ4n) is 2.18. The average molecular weight is 232 g/mol. The van der Waals surface area contributed by atoms with Crippen LogP contribution in [-0.2, 0) is 7.05 Å². The number of amides is 2. The average Bonchev–Trinajstić information content (AvgIpc) is 2.59. The summed E-state index contributed by atoms with van der Waals surface area (Å²) in [5.41, 5.74) is 1.49. The maximum Gasteiger partial charge on any atom is 0.318 e. The van der Waals surface area contributed by atoms with Crippen LogP contribution < -0.4 is 10.9 Å². The number of fused-ring (bicyclic) bond motifs is 2. The van der Waals surface area contributed by atoms with Crippen molar-refractivity contribution < 1.29 is 4.79 Å². The van der Waals surface area contributed by atoms with Crippen LogP contribution in [0.2, 0.25) is 0 Å². The molecule has 0 radical (unpaired) electrons. The second-order valence-corrected chi connectivity index (χ2v) is 4.29. The molecule has 1 atom stereocenters. The minimum absolute atomic E-state index is 0.0455. The molecule has 2 aliphatic heterocycles. The number of aryl methyl sites for hydroxylation is 1. The molecular formula is C11H12N4O2. The van der Waals surface area contributed by atoms with Gasteiger partial charge >= 0.3 is 6.03 Å². The van der Waals surface area contributed by atoms with Crippen molar-refractivity contribution in [2.45, 2.75) is 6.04 Å². The second-order valence-electron chi connectivity index (χ2n) is 4.29. The van der Waals surface area contributed by atoms with Gasteiger partial charge in [0.1, 0.15) is 0 Å². The molecule has 0 aliphatic carbocycles. The molecular weight excluding hydrogens is 220 g/mol. The number of hydrogen-bond acceptors (Lipinski definition) is 3. The van der Waals surface area contributed by atoms with E-state index in [0.29, 0.717) is 18.8 Å². The third kappa shape index (κ3) is 1.52. The Morgan fingerprint density at radius 1 is 1.47 bits per heavy atom. The Hall–Kier alpha value is -2.11. The minimum Gasteiger partial charge on any atom is -0.329 e. The highest BCUT2D eigenvalue weighted by atomic mass is 16.2. The van der Waals surface area contributed by atoms with Crippen molar-refractivity contribution in [1.82, 2.24) is 19.8 Å². The van der Waals surface area contributed by atoms with E-state index >= 15 is 0 Å². The topological polar surface area (TPSA) is 67.2 Å². The van der Waals surface area contributed by atoms with E-state index in [4.69, 9.17) is 0 Å². The summed E-state index contributed by atoms with van der Waals surface area (Å²) < 4.78 is 1.42. The molecule has 1 saturated heterocycles. The number of urea groups is 1. The van der Waals surface area contributed by atoms with Gasteiger partial charge in [-0.05, 0) is 5.57 Å². The highest BCUT2D eigenvalue weighted by Gasteiger charge is 2.34. The standard InChI is InChI=1S/C11H12N4O2/c1-14-6-12-8(4-10(14)16)7-2-3-15-5-9(7)13-11(15)17/h2,4,6,9H,3,5H2,1H3,(H,13,17). The van der Waals surface area contributed by atoms with Crippen LogP contribution >= 0.6 is 0 Å². The maximum atomic E-state index is 11.6. The first-order valence-electron chi connectivity index (χ1n) is 5.44. The fourth-order valence-corrected chi connectivity index (χ4v) is 2.18. The van der Waals surface area contributed by atoms with Gasteiger partial charge in [-0.25, -0.2) is 9.78 Å². The molecule has 1 N–H and O–H groups in total. The van der Waals surface area contributed by atoms with Gasteiger partial charge in [0.2, 0.25) is 0 Å². The van der Waals surface area contributed by atoms with Crippen LogP contribution in [0.5, 0.6) is 0 Å². The molecule has 1 fully saturated rings. The van der Waals surface area contributed by atoms with Gasteiger partial charge in [0.05, 0.1) is 18.1 Å². The van der Waals surface area contributed by atoms with Crippen molar-refractivity contribution in [3.63, 3.8) is 0 Å². The number of rotatable bonds is 1. The van der Waals surface area contributed by atoms with Gasteiger partial charge in [-0.15, -0.1) is 0 Å². The van der Waals surface area contributed by atoms with Crippen LogP contribution in [-0.4, -0.2) is 39.6 Å². The molecule has 1 aromatic rings. The highest BCUT2D eigenvalue weighted by molar-refractivity contribution is 5.84. The van der Waals surface area contributed by atoms with Crippen molar-refractivity contribution in [1.29, 1.82) is 0 Å². The van der Waals surface area contributed by atoms with Crippen molar-refractivity contribution in [3.8, 4) is 0 Å². The van der Waals surface area contributed by atoms with E-state index in [2.05, 4.69) is 10.3 Å². The fraction of sp³-hybridized carbons (Fsp3) is 0.364. The van der Waals surface area contributed by atoms with E-state index in [1.807, 2.05) is 6.08 Å². The molecule has 3 heterocycles. The van der Waals surface area contributed by atoms with Crippen LogP contribution in [0, 0.1) is 0 Å². The SMILES string of the molecule is Cn1cnc(C2=CCN3CC2NC3=O)cc1=O. The molecule has 6 heteroatoms. The molecule has 0 aromatic carbocycles. The Bertz CT molecular complexity index is 575. The minimum atomic E-state index is -0.0948. The largest absolute Gasteiger partial charge is 0.329 e. The first kappa shape index (κ1) is 10.1. The van der Waals surface area contributed by atoms with E-state index in [1.165, 1.54) is 17.0 Å². The van der Waals surface area contributed by atoms with Gasteiger partial charge < -0.3 is 14.8 Å². The normalized spacial score (nSPS) is 22.4. The first-order valence-corrected chi connectivity index (χ1v) is 5.44. The van der Waals surface area contributed by atoms with Crippen molar-refractivity contribution in [2.75, 3.05) is 13.1 Å². The van der Waals surface area contributed by atoms with Gasteiger partial charge in [0, 0.05) is 26.2 Å². The number of nitrogens with zero attached hydrogens (tertiary/aromatic N) is 3. The molecule has 1 unspecified atom stereocenters. The van der Waals surface area contributed by atoms with Crippen LogP contribution in [0.3, 0.4) is 0 Å². The summed E-state index contributed by atoms with van der Waals surface area (Å²) in [6.07, 6.45) is 3.45. The molecule has 2 amide bonds. The van der Waals surface area contributed by atoms with E-state index in [0.717, 1.165) is 5.57 Å². The Morgan fingerprint density at radius 3 is 3.06 bits per heavy atom. The predicted molar refractivity (Wildman–Crippen MR) is 61.3 cm³/mol. The number of hydrogen-bond donors (Lipinski definition) is 1. The lowest BCUT2D eigenvalue weighted by molar-refractivity contribution is 0.222. The van der Waals surface area contributed by atoms with Crippen LogP contribution in [0.4, 0.5) is 4.79 Å². The zero-order chi connectivity index (χ0) is 12.0. The predicted octanol–water partition coefficient (Wildman–Crippen LogP) is -0.429. The highest BCUT2D eigenvalue weighted by Crippen LogP contribution is 2.24. The third-order valence-corrected chi connectivity index (χ3v) is 3.17. The lowest BCUT2D eigenvalue weighted by atomic mass is 10.0. The summed E-state index contributed by atoms with van der Waals surface area (Å²) in [6, 6.07) is 1.41. The van der Waals surface area contributed by atoms with Crippen molar-refractivity contribution in [3.05, 3.63) is 34.5 Å². The molecule has 2 bridgehead atoms. The Balaban J connectivity index is 2.00. The second kappa shape index (κ2) is 3.44. The summed E-state index contributed by atoms with van der Waals surface area (Å²) in [6.45, 7) is 1.23. The molecule has 6 nitrogen and oxygen atoms in total. The lowest BCUT2D eigenvalue weighted by Gasteiger charge is -2.20. The molecule has 88 valence electrons. The number of carbonyl (C=O) groups excluding carboxylic acids is 1. The summed E-state index contributed by atoms with van der Waals surface area (Å²) in [5, 5.41) is 2.87. The van der Waals surface area contributed by atoms with Gasteiger partial charge in [-0.1, -0.05) is 6.08 Å². The van der Waals surface area contributed by atoms with Crippen molar-refractivity contribution >= 4 is 11.6 Å². The van der Waals surface area contributed by atoms with Crippen molar-refractivity contribution in [2.24, 2.45) is 7.05 Å². The molecule has 3 rings (SSSR count). The number of nitrogens with one attached hydrogen (secondary N) is 1. The van der Waals surface area contributed by atoms with Gasteiger partial charge in [-0.3, -0.25) is 4.79 Å². The van der Waals surface area contributed by atoms with Crippen LogP contribution in [0.15, 0.2) is 23.3 Å². The van der Waals surface area contributed by atoms with E-state index in [1.54, 1.807) is 11.9 Å². The number of aromatic nitrogens is 2. The first-order chi connectivity index (χ1) is 8.15. The summed E-state index contributed by atoms with van der Waals surface area (Å²) in [4.78, 5) is 29.0.